The molecule has 0 bridgehead atoms. The number of furan rings is 1. The van der Waals surface area contributed by atoms with Gasteiger partial charge in [0.15, 0.2) is 0 Å². The van der Waals surface area contributed by atoms with Crippen molar-refractivity contribution in [2.75, 3.05) is 14.2 Å². The Bertz CT molecular complexity index is 598. The van der Waals surface area contributed by atoms with Crippen LogP contribution >= 0.6 is 0 Å². The van der Waals surface area contributed by atoms with Crippen LogP contribution in [-0.2, 0) is 9.63 Å². The Labute approximate surface area is 105 Å². The van der Waals surface area contributed by atoms with Gasteiger partial charge in [-0.2, -0.15) is 0 Å². The minimum atomic E-state index is -0.213. The second-order valence-corrected chi connectivity index (χ2v) is 3.97. The smallest absolute Gasteiger partial charge is 0.269 e. The molecule has 0 spiro atoms. The lowest BCUT2D eigenvalue weighted by atomic mass is 10.1. The predicted molar refractivity (Wildman–Crippen MR) is 69.8 cm³/mol. The molecule has 0 radical (unpaired) electrons. The van der Waals surface area contributed by atoms with Crippen LogP contribution in [0.5, 0.6) is 0 Å². The lowest BCUT2D eigenvalue weighted by Gasteiger charge is -2.09. The molecular formula is C14H15NO3. The first kappa shape index (κ1) is 12.4. The average molecular weight is 245 g/mol. The highest BCUT2D eigenvalue weighted by molar-refractivity contribution is 5.95. The SMILES string of the molecule is CON(C)C(=O)/C=C/c1cccc2oc(C)cc12. The molecule has 0 N–H and O–H groups in total. The fourth-order valence-corrected chi connectivity index (χ4v) is 1.71. The van der Waals surface area contributed by atoms with Crippen molar-refractivity contribution in [1.82, 2.24) is 5.06 Å². The Hall–Kier alpha value is -2.07. The Morgan fingerprint density at radius 2 is 2.22 bits per heavy atom. The van der Waals surface area contributed by atoms with E-state index in [1.807, 2.05) is 31.2 Å². The minimum absolute atomic E-state index is 0.213. The second kappa shape index (κ2) is 5.06. The van der Waals surface area contributed by atoms with Crippen molar-refractivity contribution in [2.45, 2.75) is 6.92 Å². The molecule has 4 heteroatoms. The van der Waals surface area contributed by atoms with Crippen LogP contribution in [0.15, 0.2) is 34.8 Å². The third-order valence-corrected chi connectivity index (χ3v) is 2.71. The first-order chi connectivity index (χ1) is 8.61. The summed E-state index contributed by atoms with van der Waals surface area (Å²) in [6, 6.07) is 7.70. The van der Waals surface area contributed by atoms with E-state index < -0.39 is 0 Å². The Balaban J connectivity index is 2.32. The third-order valence-electron chi connectivity index (χ3n) is 2.71. The van der Waals surface area contributed by atoms with E-state index in [1.54, 1.807) is 13.1 Å². The maximum atomic E-state index is 11.6. The standard InChI is InChI=1S/C14H15NO3/c1-10-9-12-11(5-4-6-13(12)18-10)7-8-14(16)15(2)17-3/h4-9H,1-3H3/b8-7+. The van der Waals surface area contributed by atoms with Gasteiger partial charge in [-0.25, -0.2) is 5.06 Å². The van der Waals surface area contributed by atoms with Crippen molar-refractivity contribution in [3.8, 4) is 0 Å². The van der Waals surface area contributed by atoms with Gasteiger partial charge < -0.3 is 4.42 Å². The van der Waals surface area contributed by atoms with Crippen LogP contribution in [0.3, 0.4) is 0 Å². The van der Waals surface area contributed by atoms with Gasteiger partial charge in [0.1, 0.15) is 11.3 Å². The molecule has 0 atom stereocenters. The van der Waals surface area contributed by atoms with Crippen molar-refractivity contribution in [2.24, 2.45) is 0 Å². The molecule has 0 saturated carbocycles. The third kappa shape index (κ3) is 2.43. The van der Waals surface area contributed by atoms with Crippen LogP contribution in [0.4, 0.5) is 0 Å². The molecule has 18 heavy (non-hydrogen) atoms. The van der Waals surface area contributed by atoms with Crippen molar-refractivity contribution >= 4 is 23.0 Å². The largest absolute Gasteiger partial charge is 0.461 e. The molecule has 1 heterocycles. The van der Waals surface area contributed by atoms with Crippen LogP contribution in [-0.4, -0.2) is 25.1 Å². The number of carbonyl (C=O) groups is 1. The van der Waals surface area contributed by atoms with Gasteiger partial charge in [-0.05, 0) is 30.7 Å². The molecule has 4 nitrogen and oxygen atoms in total. The fraction of sp³-hybridized carbons (Fsp3) is 0.214. The molecule has 2 rings (SSSR count). The summed E-state index contributed by atoms with van der Waals surface area (Å²) in [5.41, 5.74) is 1.77. The number of nitrogens with zero attached hydrogens (tertiary/aromatic N) is 1. The lowest BCUT2D eigenvalue weighted by Crippen LogP contribution is -2.22. The number of hydrogen-bond acceptors (Lipinski definition) is 3. The molecule has 94 valence electrons. The van der Waals surface area contributed by atoms with Crippen molar-refractivity contribution in [1.29, 1.82) is 0 Å². The van der Waals surface area contributed by atoms with Gasteiger partial charge in [0.2, 0.25) is 0 Å². The molecule has 0 aliphatic carbocycles. The van der Waals surface area contributed by atoms with Gasteiger partial charge in [0.25, 0.3) is 5.91 Å². The van der Waals surface area contributed by atoms with Crippen molar-refractivity contribution in [3.05, 3.63) is 41.7 Å². The summed E-state index contributed by atoms with van der Waals surface area (Å²) >= 11 is 0. The molecule has 0 unspecified atom stereocenters. The highest BCUT2D eigenvalue weighted by atomic mass is 16.7. The van der Waals surface area contributed by atoms with E-state index >= 15 is 0 Å². The van der Waals surface area contributed by atoms with Gasteiger partial charge in [0.05, 0.1) is 7.11 Å². The maximum absolute atomic E-state index is 11.6. The average Bonchev–Trinajstić information content (AvgIpc) is 2.75. The molecule has 1 amide bonds. The fourth-order valence-electron chi connectivity index (χ4n) is 1.71. The molecule has 2 aromatic rings. The summed E-state index contributed by atoms with van der Waals surface area (Å²) in [7, 11) is 3.02. The number of hydrogen-bond donors (Lipinski definition) is 0. The molecule has 1 aromatic heterocycles. The molecule has 0 aliphatic rings. The summed E-state index contributed by atoms with van der Waals surface area (Å²) in [6.45, 7) is 1.90. The second-order valence-electron chi connectivity index (χ2n) is 3.97. The van der Waals surface area contributed by atoms with Gasteiger partial charge in [-0.1, -0.05) is 12.1 Å². The van der Waals surface area contributed by atoms with Gasteiger partial charge in [0, 0.05) is 18.5 Å². The van der Waals surface area contributed by atoms with Crippen LogP contribution in [0.25, 0.3) is 17.0 Å². The summed E-state index contributed by atoms with van der Waals surface area (Å²) in [5.74, 6) is 0.640. The number of hydroxylamine groups is 2. The molecular weight excluding hydrogens is 230 g/mol. The zero-order valence-electron chi connectivity index (χ0n) is 10.6. The normalized spacial score (nSPS) is 11.3. The van der Waals surface area contributed by atoms with Crippen LogP contribution in [0.2, 0.25) is 0 Å². The number of likely N-dealkylation sites (N-methyl/N-ethyl adjacent to an activating group) is 1. The van der Waals surface area contributed by atoms with Gasteiger partial charge in [-0.3, -0.25) is 9.63 Å². The number of amides is 1. The zero-order valence-corrected chi connectivity index (χ0v) is 10.6. The highest BCUT2D eigenvalue weighted by Crippen LogP contribution is 2.23. The molecule has 0 aliphatic heterocycles. The predicted octanol–water partition coefficient (Wildman–Crippen LogP) is 2.77. The van der Waals surface area contributed by atoms with Gasteiger partial charge >= 0.3 is 0 Å². The molecule has 0 fully saturated rings. The summed E-state index contributed by atoms with van der Waals surface area (Å²) < 4.78 is 5.53. The number of rotatable bonds is 3. The van der Waals surface area contributed by atoms with Crippen LogP contribution < -0.4 is 0 Å². The number of carbonyl (C=O) groups excluding carboxylic acids is 1. The highest BCUT2D eigenvalue weighted by Gasteiger charge is 2.05. The van der Waals surface area contributed by atoms with E-state index in [-0.39, 0.29) is 5.91 Å². The Kier molecular flexibility index (Phi) is 3.48. The summed E-state index contributed by atoms with van der Waals surface area (Å²) in [6.07, 6.45) is 3.23. The Morgan fingerprint density at radius 3 is 2.94 bits per heavy atom. The summed E-state index contributed by atoms with van der Waals surface area (Å²) in [4.78, 5) is 16.4. The minimum Gasteiger partial charge on any atom is -0.461 e. The topological polar surface area (TPSA) is 42.7 Å². The van der Waals surface area contributed by atoms with Crippen LogP contribution in [0, 0.1) is 6.92 Å². The van der Waals surface area contributed by atoms with Crippen molar-refractivity contribution < 1.29 is 14.0 Å². The maximum Gasteiger partial charge on any atom is 0.269 e. The van der Waals surface area contributed by atoms with Gasteiger partial charge in [-0.15, -0.1) is 0 Å². The van der Waals surface area contributed by atoms with Crippen LogP contribution in [0.1, 0.15) is 11.3 Å². The number of aryl methyl sites for hydroxylation is 1. The molecule has 1 aromatic carbocycles. The Morgan fingerprint density at radius 1 is 1.44 bits per heavy atom. The number of fused-ring (bicyclic) bond motifs is 1. The van der Waals surface area contributed by atoms with Crippen molar-refractivity contribution in [3.63, 3.8) is 0 Å². The van der Waals surface area contributed by atoms with E-state index in [0.717, 1.165) is 27.4 Å². The first-order valence-electron chi connectivity index (χ1n) is 5.61. The van der Waals surface area contributed by atoms with E-state index in [2.05, 4.69) is 0 Å². The lowest BCUT2D eigenvalue weighted by molar-refractivity contribution is -0.162. The van der Waals surface area contributed by atoms with E-state index in [4.69, 9.17) is 9.25 Å². The quantitative estimate of drug-likeness (QED) is 0.617. The number of benzene rings is 1. The molecule has 0 saturated heterocycles. The zero-order chi connectivity index (χ0) is 13.1. The van der Waals surface area contributed by atoms with E-state index in [0.29, 0.717) is 0 Å². The summed E-state index contributed by atoms with van der Waals surface area (Å²) in [5, 5.41) is 2.16. The van der Waals surface area contributed by atoms with E-state index in [1.165, 1.54) is 13.2 Å². The monoisotopic (exact) mass is 245 g/mol. The van der Waals surface area contributed by atoms with E-state index in [9.17, 15) is 4.79 Å². The first-order valence-corrected chi connectivity index (χ1v) is 5.61.